The van der Waals surface area contributed by atoms with Crippen molar-refractivity contribution in [1.29, 1.82) is 0 Å². The number of halogens is 7. The molecule has 2 aliphatic heterocycles. The fourth-order valence-corrected chi connectivity index (χ4v) is 2.72. The summed E-state index contributed by atoms with van der Waals surface area (Å²) in [6.45, 7) is 1.53. The predicted octanol–water partition coefficient (Wildman–Crippen LogP) is 5.10. The van der Waals surface area contributed by atoms with Crippen LogP contribution in [0.25, 0.3) is 0 Å². The molecule has 3 nitrogen and oxygen atoms in total. The maximum Gasteiger partial charge on any atom is 0.443 e. The quantitative estimate of drug-likeness (QED) is 0.610. The first-order valence-electron chi connectivity index (χ1n) is 7.20. The van der Waals surface area contributed by atoms with Crippen LogP contribution in [0.1, 0.15) is 12.5 Å². The van der Waals surface area contributed by atoms with Crippen molar-refractivity contribution in [2.45, 2.75) is 24.9 Å². The number of aliphatic imine (C=N–C) groups is 2. The fourth-order valence-electron chi connectivity index (χ4n) is 2.50. The lowest BCUT2D eigenvalue weighted by Gasteiger charge is -2.38. The smallest absolute Gasteiger partial charge is 0.286 e. The van der Waals surface area contributed by atoms with Gasteiger partial charge < -0.3 is 0 Å². The van der Waals surface area contributed by atoms with Gasteiger partial charge in [-0.15, -0.1) is 0 Å². The molecule has 0 unspecified atom stereocenters. The molecule has 0 saturated carbocycles. The van der Waals surface area contributed by atoms with E-state index in [1.165, 1.54) is 43.5 Å². The Bertz CT molecular complexity index is 849. The Balaban J connectivity index is 2.34. The molecular formula is C16H10ClF6N3. The number of hydrogen-bond acceptors (Lipinski definition) is 3. The lowest BCUT2D eigenvalue weighted by molar-refractivity contribution is -0.292. The van der Waals surface area contributed by atoms with Crippen LogP contribution in [0.15, 0.2) is 58.2 Å². The Labute approximate surface area is 149 Å². The van der Waals surface area contributed by atoms with Crippen LogP contribution >= 0.6 is 11.6 Å². The van der Waals surface area contributed by atoms with Crippen molar-refractivity contribution in [1.82, 2.24) is 4.90 Å². The highest BCUT2D eigenvalue weighted by atomic mass is 35.5. The molecule has 0 radical (unpaired) electrons. The van der Waals surface area contributed by atoms with Gasteiger partial charge in [0.2, 0.25) is 0 Å². The van der Waals surface area contributed by atoms with Crippen molar-refractivity contribution in [3.8, 4) is 0 Å². The number of amidine groups is 2. The van der Waals surface area contributed by atoms with E-state index in [1.54, 1.807) is 0 Å². The minimum atomic E-state index is -5.79. The van der Waals surface area contributed by atoms with Gasteiger partial charge in [0.25, 0.3) is 0 Å². The third kappa shape index (κ3) is 2.80. The van der Waals surface area contributed by atoms with E-state index in [9.17, 15) is 26.3 Å². The van der Waals surface area contributed by atoms with E-state index in [0.717, 1.165) is 11.0 Å². The lowest BCUT2D eigenvalue weighted by atomic mass is 10.1. The number of fused-ring (bicyclic) bond motifs is 1. The molecule has 1 aromatic rings. The molecule has 0 amide bonds. The first kappa shape index (κ1) is 18.5. The van der Waals surface area contributed by atoms with Crippen molar-refractivity contribution < 1.29 is 26.3 Å². The van der Waals surface area contributed by atoms with Gasteiger partial charge in [-0.1, -0.05) is 23.7 Å². The van der Waals surface area contributed by atoms with Crippen LogP contribution in [-0.4, -0.2) is 34.6 Å². The molecule has 1 aromatic carbocycles. The first-order valence-corrected chi connectivity index (χ1v) is 7.58. The van der Waals surface area contributed by atoms with Gasteiger partial charge in [0.1, 0.15) is 11.7 Å². The highest BCUT2D eigenvalue weighted by molar-refractivity contribution is 6.35. The topological polar surface area (TPSA) is 28.0 Å². The van der Waals surface area contributed by atoms with E-state index in [0.29, 0.717) is 5.57 Å². The van der Waals surface area contributed by atoms with E-state index < -0.39 is 29.7 Å². The highest BCUT2D eigenvalue weighted by Crippen LogP contribution is 2.49. The van der Waals surface area contributed by atoms with Crippen LogP contribution in [0, 0.1) is 0 Å². The molecule has 0 aliphatic carbocycles. The van der Waals surface area contributed by atoms with Crippen LogP contribution in [0.5, 0.6) is 0 Å². The molecular weight excluding hydrogens is 384 g/mol. The molecule has 0 saturated heterocycles. The number of rotatable bonds is 1. The van der Waals surface area contributed by atoms with Crippen molar-refractivity contribution >= 4 is 23.3 Å². The molecule has 0 bridgehead atoms. The summed E-state index contributed by atoms with van der Waals surface area (Å²) < 4.78 is 81.1. The van der Waals surface area contributed by atoms with Crippen molar-refractivity contribution in [3.63, 3.8) is 0 Å². The average Bonchev–Trinajstić information content (AvgIpc) is 2.52. The van der Waals surface area contributed by atoms with Crippen LogP contribution in [0.3, 0.4) is 0 Å². The summed E-state index contributed by atoms with van der Waals surface area (Å²) in [6.07, 6.45) is -7.65. The van der Waals surface area contributed by atoms with E-state index in [2.05, 4.69) is 9.98 Å². The molecule has 0 fully saturated rings. The summed E-state index contributed by atoms with van der Waals surface area (Å²) in [4.78, 5) is 7.05. The van der Waals surface area contributed by atoms with E-state index in [1.807, 2.05) is 0 Å². The second-order valence-corrected chi connectivity index (χ2v) is 6.03. The van der Waals surface area contributed by atoms with E-state index in [-0.39, 0.29) is 10.6 Å². The second kappa shape index (κ2) is 5.87. The molecule has 0 spiro atoms. The molecule has 3 rings (SSSR count). The standard InChI is InChI=1S/C16H10ClF6N3/c1-9-6-7-26-12(8-9)24-14(15(18,19)20,16(21,22)23)25-13(26)10-4-2-3-5-11(10)17/h2-8H,1H3. The molecule has 2 heterocycles. The molecule has 0 aromatic heterocycles. The summed E-state index contributed by atoms with van der Waals surface area (Å²) in [6, 6.07) is 5.58. The zero-order valence-electron chi connectivity index (χ0n) is 13.0. The monoisotopic (exact) mass is 393 g/mol. The van der Waals surface area contributed by atoms with Crippen LogP contribution in [0.2, 0.25) is 5.02 Å². The Morgan fingerprint density at radius 1 is 1.00 bits per heavy atom. The zero-order chi connectivity index (χ0) is 19.3. The Kier molecular flexibility index (Phi) is 4.18. The van der Waals surface area contributed by atoms with Gasteiger partial charge in [0.15, 0.2) is 0 Å². The minimum Gasteiger partial charge on any atom is -0.286 e. The van der Waals surface area contributed by atoms with Crippen molar-refractivity contribution in [2.24, 2.45) is 9.98 Å². The maximum atomic E-state index is 13.5. The summed E-state index contributed by atoms with van der Waals surface area (Å²) in [5.74, 6) is -1.11. The Morgan fingerprint density at radius 3 is 2.19 bits per heavy atom. The molecule has 26 heavy (non-hydrogen) atoms. The van der Waals surface area contributed by atoms with Crippen LogP contribution < -0.4 is 0 Å². The minimum absolute atomic E-state index is 0.0366. The third-order valence-electron chi connectivity index (χ3n) is 3.77. The normalized spacial score (nSPS) is 19.5. The fraction of sp³-hybridized carbons (Fsp3) is 0.250. The first-order chi connectivity index (χ1) is 12.0. The predicted molar refractivity (Wildman–Crippen MR) is 85.0 cm³/mol. The lowest BCUT2D eigenvalue weighted by Crippen LogP contribution is -2.58. The van der Waals surface area contributed by atoms with Crippen molar-refractivity contribution in [3.05, 3.63) is 58.8 Å². The van der Waals surface area contributed by atoms with Gasteiger partial charge in [0, 0.05) is 11.8 Å². The van der Waals surface area contributed by atoms with Gasteiger partial charge in [-0.2, -0.15) is 26.3 Å². The number of benzene rings is 1. The maximum absolute atomic E-state index is 13.5. The molecule has 2 aliphatic rings. The van der Waals surface area contributed by atoms with Gasteiger partial charge in [0.05, 0.1) is 5.02 Å². The number of hydrogen-bond donors (Lipinski definition) is 0. The molecule has 0 N–H and O–H groups in total. The molecule has 10 heteroatoms. The summed E-state index contributed by atoms with van der Waals surface area (Å²) in [5.41, 5.74) is -4.24. The Hall–Kier alpha value is -2.29. The van der Waals surface area contributed by atoms with Crippen molar-refractivity contribution in [2.75, 3.05) is 0 Å². The molecule has 138 valence electrons. The number of alkyl halides is 6. The molecule has 0 atom stereocenters. The van der Waals surface area contributed by atoms with E-state index in [4.69, 9.17) is 11.6 Å². The van der Waals surface area contributed by atoms with Crippen LogP contribution in [-0.2, 0) is 0 Å². The summed E-state index contributed by atoms with van der Waals surface area (Å²) in [5, 5.41) is -0.0366. The zero-order valence-corrected chi connectivity index (χ0v) is 13.8. The summed E-state index contributed by atoms with van der Waals surface area (Å²) in [7, 11) is 0. The average molecular weight is 394 g/mol. The van der Waals surface area contributed by atoms with Gasteiger partial charge in [-0.05, 0) is 36.8 Å². The van der Waals surface area contributed by atoms with E-state index >= 15 is 0 Å². The largest absolute Gasteiger partial charge is 0.443 e. The van der Waals surface area contributed by atoms with Crippen LogP contribution in [0.4, 0.5) is 26.3 Å². The second-order valence-electron chi connectivity index (χ2n) is 5.63. The SMILES string of the molecule is CC1=CC2=NC(C(F)(F)F)(C(F)(F)F)N=C(c3ccccc3Cl)N2C=C1. The Morgan fingerprint density at radius 2 is 1.62 bits per heavy atom. The number of nitrogens with zero attached hydrogens (tertiary/aromatic N) is 3. The summed E-state index contributed by atoms with van der Waals surface area (Å²) >= 11 is 5.99. The van der Waals surface area contributed by atoms with Gasteiger partial charge in [-0.25, -0.2) is 9.98 Å². The van der Waals surface area contributed by atoms with Gasteiger partial charge >= 0.3 is 18.0 Å². The van der Waals surface area contributed by atoms with Gasteiger partial charge in [-0.3, -0.25) is 4.90 Å². The highest BCUT2D eigenvalue weighted by Gasteiger charge is 2.73. The third-order valence-corrected chi connectivity index (χ3v) is 4.10. The number of allylic oxidation sites excluding steroid dienone is 2.